The van der Waals surface area contributed by atoms with E-state index in [1.807, 2.05) is 0 Å². The van der Waals surface area contributed by atoms with Gasteiger partial charge in [0.25, 0.3) is 5.91 Å². The molecule has 32 heavy (non-hydrogen) atoms. The lowest BCUT2D eigenvalue weighted by molar-refractivity contribution is -0.137. The molecule has 0 aliphatic heterocycles. The molecule has 11 heteroatoms. The lowest BCUT2D eigenvalue weighted by Crippen LogP contribution is -2.21. The molecule has 3 aromatic rings. The van der Waals surface area contributed by atoms with E-state index in [4.69, 9.17) is 14.2 Å². The van der Waals surface area contributed by atoms with Crippen molar-refractivity contribution in [2.75, 3.05) is 26.1 Å². The number of carbonyl (C=O) groups is 2. The summed E-state index contributed by atoms with van der Waals surface area (Å²) in [6.07, 6.45) is -4.47. The Morgan fingerprint density at radius 2 is 1.72 bits per heavy atom. The van der Waals surface area contributed by atoms with Gasteiger partial charge >= 0.3 is 12.1 Å². The van der Waals surface area contributed by atoms with Crippen LogP contribution < -0.4 is 14.8 Å². The van der Waals surface area contributed by atoms with E-state index in [1.54, 1.807) is 18.2 Å². The van der Waals surface area contributed by atoms with E-state index in [-0.39, 0.29) is 11.4 Å². The van der Waals surface area contributed by atoms with E-state index in [1.165, 1.54) is 30.9 Å². The summed E-state index contributed by atoms with van der Waals surface area (Å²) in [5.74, 6) is -0.459. The number of methoxy groups -OCH3 is 2. The maximum Gasteiger partial charge on any atom is 0.416 e. The van der Waals surface area contributed by atoms with Gasteiger partial charge in [-0.05, 0) is 42.5 Å². The van der Waals surface area contributed by atoms with Crippen LogP contribution in [0.25, 0.3) is 10.6 Å². The fourth-order valence-electron chi connectivity index (χ4n) is 2.61. The smallest absolute Gasteiger partial charge is 0.416 e. The maximum atomic E-state index is 12.6. The number of anilines is 1. The predicted octanol–water partition coefficient (Wildman–Crippen LogP) is 4.64. The Morgan fingerprint density at radius 3 is 2.34 bits per heavy atom. The minimum Gasteiger partial charge on any atom is -0.493 e. The van der Waals surface area contributed by atoms with Gasteiger partial charge in [0.2, 0.25) is 0 Å². The molecular formula is C21H17F3N2O5S. The van der Waals surface area contributed by atoms with E-state index in [0.717, 1.165) is 24.3 Å². The number of carbonyl (C=O) groups excluding carboxylic acids is 2. The van der Waals surface area contributed by atoms with Crippen LogP contribution in [0.3, 0.4) is 0 Å². The van der Waals surface area contributed by atoms with Gasteiger partial charge in [-0.15, -0.1) is 11.3 Å². The van der Waals surface area contributed by atoms with Gasteiger partial charge in [-0.25, -0.2) is 9.78 Å². The molecule has 0 spiro atoms. The second-order valence-corrected chi connectivity index (χ2v) is 7.17. The minimum atomic E-state index is -4.47. The molecule has 2 aromatic carbocycles. The third-order valence-electron chi connectivity index (χ3n) is 4.17. The van der Waals surface area contributed by atoms with Crippen molar-refractivity contribution in [3.8, 4) is 22.1 Å². The van der Waals surface area contributed by atoms with E-state index >= 15 is 0 Å². The summed E-state index contributed by atoms with van der Waals surface area (Å²) >= 11 is 1.20. The van der Waals surface area contributed by atoms with Gasteiger partial charge in [-0.1, -0.05) is 0 Å². The molecule has 168 valence electrons. The Bertz CT molecular complexity index is 1110. The van der Waals surface area contributed by atoms with Crippen molar-refractivity contribution < 1.29 is 37.0 Å². The summed E-state index contributed by atoms with van der Waals surface area (Å²) in [5, 5.41) is 4.38. The molecule has 0 atom stereocenters. The van der Waals surface area contributed by atoms with Crippen molar-refractivity contribution in [2.45, 2.75) is 6.18 Å². The molecule has 0 bridgehead atoms. The molecule has 1 heterocycles. The van der Waals surface area contributed by atoms with Crippen molar-refractivity contribution in [3.63, 3.8) is 0 Å². The summed E-state index contributed by atoms with van der Waals surface area (Å²) in [5.41, 5.74) is 0.0213. The quantitative estimate of drug-likeness (QED) is 0.511. The van der Waals surface area contributed by atoms with Gasteiger partial charge in [0, 0.05) is 16.6 Å². The molecule has 3 rings (SSSR count). The number of rotatable bonds is 7. The number of esters is 1. The molecule has 7 nitrogen and oxygen atoms in total. The monoisotopic (exact) mass is 466 g/mol. The Labute approximate surface area is 184 Å². The fourth-order valence-corrected chi connectivity index (χ4v) is 3.40. The van der Waals surface area contributed by atoms with Gasteiger partial charge < -0.3 is 19.5 Å². The molecule has 0 saturated heterocycles. The van der Waals surface area contributed by atoms with E-state index in [9.17, 15) is 22.8 Å². The SMILES string of the molecule is COc1ccc(-c2nc(C(=O)OCC(=O)Nc3ccc(C(F)(F)F)cc3)cs2)cc1OC. The maximum absolute atomic E-state index is 12.6. The molecule has 0 fully saturated rings. The van der Waals surface area contributed by atoms with Crippen LogP contribution in [0.1, 0.15) is 16.1 Å². The minimum absolute atomic E-state index is 0.0158. The molecule has 1 amide bonds. The lowest BCUT2D eigenvalue weighted by Gasteiger charge is -2.09. The molecule has 0 unspecified atom stereocenters. The summed E-state index contributed by atoms with van der Waals surface area (Å²) in [7, 11) is 3.02. The van der Waals surface area contributed by atoms with Gasteiger partial charge in [-0.2, -0.15) is 13.2 Å². The number of benzene rings is 2. The van der Waals surface area contributed by atoms with Gasteiger partial charge in [0.05, 0.1) is 19.8 Å². The first kappa shape index (κ1) is 23.1. The van der Waals surface area contributed by atoms with Gasteiger partial charge in [-0.3, -0.25) is 4.79 Å². The number of aromatic nitrogens is 1. The molecule has 1 aromatic heterocycles. The number of alkyl halides is 3. The zero-order valence-corrected chi connectivity index (χ0v) is 17.7. The number of halogens is 3. The standard InChI is InChI=1S/C21H17F3N2O5S/c1-29-16-8-3-12(9-17(16)30-2)19-26-15(11-32-19)20(28)31-10-18(27)25-14-6-4-13(5-7-14)21(22,23)24/h3-9,11H,10H2,1-2H3,(H,25,27). The summed E-state index contributed by atoms with van der Waals surface area (Å²) in [6, 6.07) is 9.08. The number of thiazole rings is 1. The molecule has 0 saturated carbocycles. The summed E-state index contributed by atoms with van der Waals surface area (Å²) < 4.78 is 53.1. The van der Waals surface area contributed by atoms with Crippen LogP contribution in [0.2, 0.25) is 0 Å². The Kier molecular flexibility index (Phi) is 6.98. The molecule has 0 aliphatic rings. The number of amides is 1. The molecule has 0 aliphatic carbocycles. The van der Waals surface area contributed by atoms with E-state index < -0.39 is 30.2 Å². The van der Waals surface area contributed by atoms with Crippen LogP contribution in [-0.2, 0) is 15.7 Å². The van der Waals surface area contributed by atoms with Crippen molar-refractivity contribution in [2.24, 2.45) is 0 Å². The Hall–Kier alpha value is -3.60. The first-order valence-electron chi connectivity index (χ1n) is 9.03. The van der Waals surface area contributed by atoms with Crippen LogP contribution in [0.4, 0.5) is 18.9 Å². The first-order chi connectivity index (χ1) is 15.2. The highest BCUT2D eigenvalue weighted by molar-refractivity contribution is 7.13. The Balaban J connectivity index is 1.58. The third-order valence-corrected chi connectivity index (χ3v) is 5.07. The highest BCUT2D eigenvalue weighted by atomic mass is 32.1. The summed E-state index contributed by atoms with van der Waals surface area (Å²) in [4.78, 5) is 28.3. The number of hydrogen-bond acceptors (Lipinski definition) is 7. The average molecular weight is 466 g/mol. The van der Waals surface area contributed by atoms with Crippen LogP contribution in [0.15, 0.2) is 47.8 Å². The second-order valence-electron chi connectivity index (χ2n) is 6.31. The number of nitrogens with zero attached hydrogens (tertiary/aromatic N) is 1. The van der Waals surface area contributed by atoms with Crippen molar-refractivity contribution >= 4 is 28.9 Å². The third kappa shape index (κ3) is 5.55. The highest BCUT2D eigenvalue weighted by Crippen LogP contribution is 2.33. The number of nitrogens with one attached hydrogen (secondary N) is 1. The van der Waals surface area contributed by atoms with Crippen molar-refractivity contribution in [3.05, 3.63) is 59.1 Å². The Morgan fingerprint density at radius 1 is 1.03 bits per heavy atom. The van der Waals surface area contributed by atoms with Crippen LogP contribution in [0, 0.1) is 0 Å². The van der Waals surface area contributed by atoms with Crippen molar-refractivity contribution in [1.29, 1.82) is 0 Å². The largest absolute Gasteiger partial charge is 0.493 e. The van der Waals surface area contributed by atoms with Crippen molar-refractivity contribution in [1.82, 2.24) is 4.98 Å². The number of ether oxygens (including phenoxy) is 3. The topological polar surface area (TPSA) is 86.8 Å². The average Bonchev–Trinajstić information content (AvgIpc) is 3.27. The van der Waals surface area contributed by atoms with Crippen LogP contribution in [0.5, 0.6) is 11.5 Å². The lowest BCUT2D eigenvalue weighted by atomic mass is 10.2. The zero-order valence-electron chi connectivity index (χ0n) is 16.9. The predicted molar refractivity (Wildman–Crippen MR) is 111 cm³/mol. The van der Waals surface area contributed by atoms with Gasteiger partial charge in [0.1, 0.15) is 5.01 Å². The molecule has 1 N–H and O–H groups in total. The first-order valence-corrected chi connectivity index (χ1v) is 9.91. The van der Waals surface area contributed by atoms with E-state index in [2.05, 4.69) is 10.3 Å². The number of hydrogen-bond donors (Lipinski definition) is 1. The molecular weight excluding hydrogens is 449 g/mol. The van der Waals surface area contributed by atoms with E-state index in [0.29, 0.717) is 22.1 Å². The fraction of sp³-hybridized carbons (Fsp3) is 0.190. The van der Waals surface area contributed by atoms with Gasteiger partial charge in [0.15, 0.2) is 23.8 Å². The van der Waals surface area contributed by atoms with Crippen LogP contribution in [-0.4, -0.2) is 37.7 Å². The normalized spacial score (nSPS) is 11.0. The van der Waals surface area contributed by atoms with Crippen LogP contribution >= 0.6 is 11.3 Å². The molecule has 0 radical (unpaired) electrons. The summed E-state index contributed by atoms with van der Waals surface area (Å²) in [6.45, 7) is -0.622. The second kappa shape index (κ2) is 9.69. The highest BCUT2D eigenvalue weighted by Gasteiger charge is 2.30. The zero-order chi connectivity index (χ0) is 23.3.